The highest BCUT2D eigenvalue weighted by molar-refractivity contribution is 5.94. The number of rotatable bonds is 4. The molecule has 3 heterocycles. The highest BCUT2D eigenvalue weighted by atomic mass is 16.5. The minimum atomic E-state index is 0.107. The second kappa shape index (κ2) is 6.73. The number of amides is 1. The maximum Gasteiger partial charge on any atom is 0.253 e. The highest BCUT2D eigenvalue weighted by Crippen LogP contribution is 2.35. The van der Waals surface area contributed by atoms with E-state index >= 15 is 0 Å². The number of benzene rings is 1. The molecule has 3 atom stereocenters. The number of hydrogen-bond donors (Lipinski definition) is 0. The Hall–Kier alpha value is -1.59. The van der Waals surface area contributed by atoms with Crippen LogP contribution in [-0.4, -0.2) is 68.3 Å². The van der Waals surface area contributed by atoms with E-state index in [2.05, 4.69) is 4.90 Å². The van der Waals surface area contributed by atoms with E-state index in [0.717, 1.165) is 37.6 Å². The third kappa shape index (κ3) is 3.03. The molecule has 0 bridgehead atoms. The van der Waals surface area contributed by atoms with E-state index in [-0.39, 0.29) is 12.0 Å². The van der Waals surface area contributed by atoms with Crippen LogP contribution < -0.4 is 4.74 Å². The summed E-state index contributed by atoms with van der Waals surface area (Å²) < 4.78 is 11.2. The van der Waals surface area contributed by atoms with Crippen LogP contribution in [0.15, 0.2) is 24.3 Å². The predicted octanol–water partition coefficient (Wildman–Crippen LogP) is 1.88. The normalized spacial score (nSPS) is 29.9. The molecule has 0 unspecified atom stereocenters. The number of likely N-dealkylation sites (tertiary alicyclic amines) is 2. The Morgan fingerprint density at radius 1 is 1.21 bits per heavy atom. The standard InChI is InChI=1S/C19H26N2O3/c1-23-16-6-4-14(5-7-16)19(22)21-11-17-15(13-24-18(17)12-21)10-20-8-2-3-9-20/h4-7,15,17-18H,2-3,8-13H2,1H3/t15-,17-,18-/m1/s1. The number of fused-ring (bicyclic) bond motifs is 1. The maximum atomic E-state index is 12.7. The Labute approximate surface area is 143 Å². The number of hydrogen-bond acceptors (Lipinski definition) is 4. The van der Waals surface area contributed by atoms with E-state index in [9.17, 15) is 4.79 Å². The zero-order valence-electron chi connectivity index (χ0n) is 14.3. The Morgan fingerprint density at radius 3 is 2.67 bits per heavy atom. The van der Waals surface area contributed by atoms with E-state index in [1.165, 1.54) is 25.9 Å². The van der Waals surface area contributed by atoms with Crippen molar-refractivity contribution < 1.29 is 14.3 Å². The van der Waals surface area contributed by atoms with E-state index in [0.29, 0.717) is 11.8 Å². The van der Waals surface area contributed by atoms with Crippen molar-refractivity contribution in [1.82, 2.24) is 9.80 Å². The van der Waals surface area contributed by atoms with Crippen LogP contribution in [0.3, 0.4) is 0 Å². The number of carbonyl (C=O) groups is 1. The zero-order valence-corrected chi connectivity index (χ0v) is 14.3. The zero-order chi connectivity index (χ0) is 16.5. The topological polar surface area (TPSA) is 42.0 Å². The minimum absolute atomic E-state index is 0.107. The molecule has 3 aliphatic heterocycles. The molecule has 0 spiro atoms. The second-order valence-corrected chi connectivity index (χ2v) is 7.24. The number of carbonyl (C=O) groups excluding carboxylic acids is 1. The van der Waals surface area contributed by atoms with Crippen LogP contribution in [0.5, 0.6) is 5.75 Å². The van der Waals surface area contributed by atoms with Gasteiger partial charge in [-0.1, -0.05) is 0 Å². The molecule has 1 amide bonds. The maximum absolute atomic E-state index is 12.7. The van der Waals surface area contributed by atoms with Gasteiger partial charge in [-0.05, 0) is 50.2 Å². The average molecular weight is 330 g/mol. The van der Waals surface area contributed by atoms with Crippen molar-refractivity contribution >= 4 is 5.91 Å². The quantitative estimate of drug-likeness (QED) is 0.845. The van der Waals surface area contributed by atoms with Gasteiger partial charge in [0.15, 0.2) is 0 Å². The van der Waals surface area contributed by atoms with Gasteiger partial charge in [0.2, 0.25) is 0 Å². The first-order chi connectivity index (χ1) is 11.7. The van der Waals surface area contributed by atoms with Crippen molar-refractivity contribution in [2.75, 3.05) is 46.4 Å². The second-order valence-electron chi connectivity index (χ2n) is 7.24. The van der Waals surface area contributed by atoms with E-state index in [4.69, 9.17) is 9.47 Å². The lowest BCUT2D eigenvalue weighted by Gasteiger charge is -2.24. The molecule has 4 rings (SSSR count). The first kappa shape index (κ1) is 15.9. The van der Waals surface area contributed by atoms with Gasteiger partial charge >= 0.3 is 0 Å². The lowest BCUT2D eigenvalue weighted by atomic mass is 9.93. The molecule has 5 heteroatoms. The third-order valence-electron chi connectivity index (χ3n) is 5.75. The minimum Gasteiger partial charge on any atom is -0.497 e. The van der Waals surface area contributed by atoms with Gasteiger partial charge in [0.1, 0.15) is 5.75 Å². The molecule has 3 saturated heterocycles. The number of nitrogens with zero attached hydrogens (tertiary/aromatic N) is 2. The summed E-state index contributed by atoms with van der Waals surface area (Å²) >= 11 is 0. The molecule has 0 N–H and O–H groups in total. The van der Waals surface area contributed by atoms with E-state index in [1.807, 2.05) is 29.2 Å². The van der Waals surface area contributed by atoms with Crippen LogP contribution >= 0.6 is 0 Å². The van der Waals surface area contributed by atoms with Gasteiger partial charge in [-0.25, -0.2) is 0 Å². The summed E-state index contributed by atoms with van der Waals surface area (Å²) in [6, 6.07) is 7.38. The summed E-state index contributed by atoms with van der Waals surface area (Å²) in [4.78, 5) is 17.3. The van der Waals surface area contributed by atoms with E-state index < -0.39 is 0 Å². The van der Waals surface area contributed by atoms with Gasteiger partial charge < -0.3 is 19.3 Å². The van der Waals surface area contributed by atoms with Crippen molar-refractivity contribution in [3.8, 4) is 5.75 Å². The van der Waals surface area contributed by atoms with Crippen LogP contribution in [0.4, 0.5) is 0 Å². The summed E-state index contributed by atoms with van der Waals surface area (Å²) in [6.07, 6.45) is 2.87. The van der Waals surface area contributed by atoms with Gasteiger partial charge in [0, 0.05) is 37.0 Å². The van der Waals surface area contributed by atoms with Crippen LogP contribution in [0, 0.1) is 11.8 Å². The Bertz CT molecular complexity index is 583. The molecule has 0 radical (unpaired) electrons. The number of methoxy groups -OCH3 is 1. The largest absolute Gasteiger partial charge is 0.497 e. The highest BCUT2D eigenvalue weighted by Gasteiger charge is 2.45. The first-order valence-electron chi connectivity index (χ1n) is 9.02. The van der Waals surface area contributed by atoms with Gasteiger partial charge in [0.25, 0.3) is 5.91 Å². The molecule has 3 fully saturated rings. The summed E-state index contributed by atoms with van der Waals surface area (Å²) in [7, 11) is 1.64. The molecule has 0 saturated carbocycles. The molecule has 24 heavy (non-hydrogen) atoms. The van der Waals surface area contributed by atoms with Crippen molar-refractivity contribution in [2.24, 2.45) is 11.8 Å². The van der Waals surface area contributed by atoms with Gasteiger partial charge in [-0.2, -0.15) is 0 Å². The van der Waals surface area contributed by atoms with Gasteiger partial charge in [-0.3, -0.25) is 4.79 Å². The molecule has 1 aromatic carbocycles. The molecule has 0 aromatic heterocycles. The summed E-state index contributed by atoms with van der Waals surface area (Å²) in [5, 5.41) is 0. The summed E-state index contributed by atoms with van der Waals surface area (Å²) in [5.41, 5.74) is 0.729. The summed E-state index contributed by atoms with van der Waals surface area (Å²) in [5.74, 6) is 1.95. The van der Waals surface area contributed by atoms with Crippen molar-refractivity contribution in [3.05, 3.63) is 29.8 Å². The smallest absolute Gasteiger partial charge is 0.253 e. The lowest BCUT2D eigenvalue weighted by molar-refractivity contribution is 0.0668. The Morgan fingerprint density at radius 2 is 1.96 bits per heavy atom. The van der Waals surface area contributed by atoms with Crippen molar-refractivity contribution in [3.63, 3.8) is 0 Å². The fourth-order valence-electron chi connectivity index (χ4n) is 4.37. The molecule has 0 aliphatic carbocycles. The SMILES string of the molecule is COc1ccc(C(=O)N2C[C@@H]3[C@H](CN4CCCC4)CO[C@@H]3C2)cc1. The van der Waals surface area contributed by atoms with Gasteiger partial charge in [0.05, 0.1) is 19.8 Å². The lowest BCUT2D eigenvalue weighted by Crippen LogP contribution is -2.34. The Balaban J connectivity index is 1.39. The average Bonchev–Trinajstić information content (AvgIpc) is 3.33. The molecular formula is C19H26N2O3. The molecular weight excluding hydrogens is 304 g/mol. The molecule has 1 aromatic rings. The van der Waals surface area contributed by atoms with Crippen LogP contribution in [0.1, 0.15) is 23.2 Å². The third-order valence-corrected chi connectivity index (χ3v) is 5.75. The van der Waals surface area contributed by atoms with Crippen molar-refractivity contribution in [1.29, 1.82) is 0 Å². The first-order valence-corrected chi connectivity index (χ1v) is 9.02. The predicted molar refractivity (Wildman–Crippen MR) is 91.3 cm³/mol. The van der Waals surface area contributed by atoms with Crippen LogP contribution in [-0.2, 0) is 4.74 Å². The van der Waals surface area contributed by atoms with Gasteiger partial charge in [-0.15, -0.1) is 0 Å². The van der Waals surface area contributed by atoms with Crippen molar-refractivity contribution in [2.45, 2.75) is 18.9 Å². The van der Waals surface area contributed by atoms with Crippen LogP contribution in [0.2, 0.25) is 0 Å². The molecule has 130 valence electrons. The molecule has 5 nitrogen and oxygen atoms in total. The number of ether oxygens (including phenoxy) is 2. The van der Waals surface area contributed by atoms with Crippen LogP contribution in [0.25, 0.3) is 0 Å². The Kier molecular flexibility index (Phi) is 4.46. The molecule has 3 aliphatic rings. The summed E-state index contributed by atoms with van der Waals surface area (Å²) in [6.45, 7) is 5.99. The fourth-order valence-corrected chi connectivity index (χ4v) is 4.37. The van der Waals surface area contributed by atoms with E-state index in [1.54, 1.807) is 7.11 Å². The monoisotopic (exact) mass is 330 g/mol. The fraction of sp³-hybridized carbons (Fsp3) is 0.632.